The molecule has 0 aromatic rings. The molecular weight excluding hydrogens is 86.1 g/mol. The molecule has 0 aliphatic rings. The Morgan fingerprint density at radius 1 is 1.71 bits per heavy atom. The highest BCUT2D eigenvalue weighted by Crippen LogP contribution is 1.83. The molecule has 0 heterocycles. The van der Waals surface area contributed by atoms with Crippen molar-refractivity contribution in [3.8, 4) is 0 Å². The van der Waals surface area contributed by atoms with Crippen LogP contribution in [0.2, 0.25) is 0 Å². The van der Waals surface area contributed by atoms with Gasteiger partial charge in [-0.3, -0.25) is 0 Å². The van der Waals surface area contributed by atoms with E-state index in [4.69, 9.17) is 5.41 Å². The molecular formula is C6H9N. The van der Waals surface area contributed by atoms with E-state index in [1.54, 1.807) is 6.08 Å². The summed E-state index contributed by atoms with van der Waals surface area (Å²) in [5, 5.41) is 6.64. The third kappa shape index (κ3) is 2.97. The van der Waals surface area contributed by atoms with Gasteiger partial charge >= 0.3 is 0 Å². The summed E-state index contributed by atoms with van der Waals surface area (Å²) in [5.74, 6) is 0. The highest BCUT2D eigenvalue weighted by molar-refractivity contribution is 5.78. The second kappa shape index (κ2) is 3.34. The van der Waals surface area contributed by atoms with Crippen molar-refractivity contribution in [2.45, 2.75) is 6.92 Å². The Hall–Kier alpha value is -0.850. The summed E-state index contributed by atoms with van der Waals surface area (Å²) in [4.78, 5) is 0. The lowest BCUT2D eigenvalue weighted by Gasteiger charge is -1.78. The molecule has 0 spiro atoms. The average Bonchev–Trinajstić information content (AvgIpc) is 1.68. The van der Waals surface area contributed by atoms with Crippen LogP contribution in [0.4, 0.5) is 0 Å². The number of nitrogens with one attached hydrogen (secondary N) is 1. The Kier molecular flexibility index (Phi) is 2.94. The highest BCUT2D eigenvalue weighted by Gasteiger charge is 1.71. The Labute approximate surface area is 43.9 Å². The van der Waals surface area contributed by atoms with Crippen molar-refractivity contribution in [3.05, 3.63) is 24.3 Å². The van der Waals surface area contributed by atoms with Gasteiger partial charge in [0, 0.05) is 6.21 Å². The Morgan fingerprint density at radius 3 is 2.43 bits per heavy atom. The first kappa shape index (κ1) is 6.15. The van der Waals surface area contributed by atoms with Gasteiger partial charge in [-0.25, -0.2) is 0 Å². The van der Waals surface area contributed by atoms with Gasteiger partial charge in [-0.1, -0.05) is 18.7 Å². The maximum atomic E-state index is 6.64. The minimum absolute atomic E-state index is 0.738. The van der Waals surface area contributed by atoms with E-state index >= 15 is 0 Å². The van der Waals surface area contributed by atoms with Gasteiger partial charge in [-0.15, -0.1) is 0 Å². The lowest BCUT2D eigenvalue weighted by Crippen LogP contribution is -1.69. The molecule has 0 saturated heterocycles. The van der Waals surface area contributed by atoms with Crippen LogP contribution in [-0.4, -0.2) is 6.21 Å². The van der Waals surface area contributed by atoms with E-state index in [0.29, 0.717) is 0 Å². The quantitative estimate of drug-likeness (QED) is 0.399. The van der Waals surface area contributed by atoms with Crippen molar-refractivity contribution in [1.29, 1.82) is 5.41 Å². The summed E-state index contributed by atoms with van der Waals surface area (Å²) >= 11 is 0. The first-order valence-electron chi connectivity index (χ1n) is 2.13. The normalized spacial score (nSPS) is 9.29. The van der Waals surface area contributed by atoms with Gasteiger partial charge in [0.15, 0.2) is 0 Å². The maximum absolute atomic E-state index is 6.64. The summed E-state index contributed by atoms with van der Waals surface area (Å²) in [5.41, 5.74) is 0.738. The molecule has 0 aromatic heterocycles. The molecule has 0 aromatic carbocycles. The van der Waals surface area contributed by atoms with Crippen LogP contribution in [0.5, 0.6) is 0 Å². The molecule has 0 aliphatic carbocycles. The van der Waals surface area contributed by atoms with E-state index in [2.05, 4.69) is 6.58 Å². The summed E-state index contributed by atoms with van der Waals surface area (Å²) < 4.78 is 0. The summed E-state index contributed by atoms with van der Waals surface area (Å²) in [7, 11) is 0. The zero-order valence-electron chi connectivity index (χ0n) is 4.44. The van der Waals surface area contributed by atoms with Crippen molar-refractivity contribution in [2.24, 2.45) is 0 Å². The molecule has 0 rings (SSSR count). The van der Waals surface area contributed by atoms with Gasteiger partial charge in [0.2, 0.25) is 0 Å². The second-order valence-corrected chi connectivity index (χ2v) is 1.22. The topological polar surface area (TPSA) is 23.9 Å². The van der Waals surface area contributed by atoms with E-state index in [0.717, 1.165) is 5.57 Å². The van der Waals surface area contributed by atoms with Gasteiger partial charge < -0.3 is 5.41 Å². The molecule has 0 amide bonds. The van der Waals surface area contributed by atoms with E-state index in [1.165, 1.54) is 6.21 Å². The predicted molar refractivity (Wildman–Crippen MR) is 32.7 cm³/mol. The zero-order valence-corrected chi connectivity index (χ0v) is 4.44. The van der Waals surface area contributed by atoms with Crippen LogP contribution < -0.4 is 0 Å². The summed E-state index contributed by atoms with van der Waals surface area (Å²) in [6.07, 6.45) is 4.86. The Bertz CT molecular complexity index is 101. The van der Waals surface area contributed by atoms with Crippen molar-refractivity contribution in [2.75, 3.05) is 0 Å². The number of rotatable bonds is 2. The molecule has 38 valence electrons. The molecule has 0 saturated carbocycles. The van der Waals surface area contributed by atoms with Crippen molar-refractivity contribution < 1.29 is 0 Å². The fourth-order valence-electron chi connectivity index (χ4n) is 0.262. The molecule has 0 bridgehead atoms. The lowest BCUT2D eigenvalue weighted by atomic mass is 10.3. The van der Waals surface area contributed by atoms with Crippen molar-refractivity contribution >= 4 is 6.21 Å². The molecule has 0 aliphatic heterocycles. The minimum Gasteiger partial charge on any atom is -0.308 e. The molecule has 0 atom stereocenters. The number of hydrogen-bond acceptors (Lipinski definition) is 1. The summed E-state index contributed by atoms with van der Waals surface area (Å²) in [6, 6.07) is 0. The van der Waals surface area contributed by atoms with Gasteiger partial charge in [0.1, 0.15) is 0 Å². The second-order valence-electron chi connectivity index (χ2n) is 1.22. The summed E-state index contributed by atoms with van der Waals surface area (Å²) in [6.45, 7) is 5.43. The molecule has 7 heavy (non-hydrogen) atoms. The molecule has 1 heteroatoms. The van der Waals surface area contributed by atoms with E-state index in [-0.39, 0.29) is 0 Å². The number of hydrogen-bond donors (Lipinski definition) is 1. The first-order chi connectivity index (χ1) is 3.31. The lowest BCUT2D eigenvalue weighted by molar-refractivity contribution is 1.55. The molecule has 0 fully saturated rings. The Balaban J connectivity index is 3.58. The van der Waals surface area contributed by atoms with Gasteiger partial charge in [0.25, 0.3) is 0 Å². The molecule has 0 radical (unpaired) electrons. The fourth-order valence-corrected chi connectivity index (χ4v) is 0.262. The fraction of sp³-hybridized carbons (Fsp3) is 0.167. The third-order valence-electron chi connectivity index (χ3n) is 0.566. The average molecular weight is 95.1 g/mol. The number of allylic oxidation sites excluding steroid dienone is 3. The largest absolute Gasteiger partial charge is 0.308 e. The van der Waals surface area contributed by atoms with Crippen LogP contribution in [0.3, 0.4) is 0 Å². The van der Waals surface area contributed by atoms with E-state index < -0.39 is 0 Å². The predicted octanol–water partition coefficient (Wildman–Crippen LogP) is 1.77. The minimum atomic E-state index is 0.738. The van der Waals surface area contributed by atoms with Crippen LogP contribution in [0.25, 0.3) is 0 Å². The standard InChI is InChI=1S/C6H9N/c1-3-4-6(2)5-7/h3-5,7H,2H2,1H3. The van der Waals surface area contributed by atoms with Gasteiger partial charge in [-0.2, -0.15) is 0 Å². The first-order valence-corrected chi connectivity index (χ1v) is 2.13. The Morgan fingerprint density at radius 2 is 2.29 bits per heavy atom. The molecule has 1 nitrogen and oxygen atoms in total. The third-order valence-corrected chi connectivity index (χ3v) is 0.566. The van der Waals surface area contributed by atoms with Crippen molar-refractivity contribution in [3.63, 3.8) is 0 Å². The van der Waals surface area contributed by atoms with E-state index in [9.17, 15) is 0 Å². The van der Waals surface area contributed by atoms with Crippen LogP contribution in [-0.2, 0) is 0 Å². The van der Waals surface area contributed by atoms with Gasteiger partial charge in [0.05, 0.1) is 0 Å². The maximum Gasteiger partial charge on any atom is 0.0244 e. The SMILES string of the molecule is C=C(C=N)C=CC. The van der Waals surface area contributed by atoms with Crippen LogP contribution in [0, 0.1) is 5.41 Å². The smallest absolute Gasteiger partial charge is 0.0244 e. The van der Waals surface area contributed by atoms with Gasteiger partial charge in [-0.05, 0) is 12.5 Å². The molecule has 1 N–H and O–H groups in total. The van der Waals surface area contributed by atoms with Crippen LogP contribution >= 0.6 is 0 Å². The van der Waals surface area contributed by atoms with Crippen molar-refractivity contribution in [1.82, 2.24) is 0 Å². The zero-order chi connectivity index (χ0) is 5.70. The highest BCUT2D eigenvalue weighted by atomic mass is 14.3. The van der Waals surface area contributed by atoms with Crippen LogP contribution in [0.1, 0.15) is 6.92 Å². The van der Waals surface area contributed by atoms with E-state index in [1.807, 2.05) is 13.0 Å². The molecule has 0 unspecified atom stereocenters. The van der Waals surface area contributed by atoms with Crippen LogP contribution in [0.15, 0.2) is 24.3 Å². The monoisotopic (exact) mass is 95.1 g/mol.